The van der Waals surface area contributed by atoms with Gasteiger partial charge in [-0.15, -0.1) is 0 Å². The minimum absolute atomic E-state index is 0.0691. The van der Waals surface area contributed by atoms with Gasteiger partial charge in [-0.25, -0.2) is 9.97 Å². The van der Waals surface area contributed by atoms with Gasteiger partial charge in [0, 0.05) is 34.3 Å². The second kappa shape index (κ2) is 14.8. The fraction of sp³-hybridized carbons (Fsp3) is 0.179. The third-order valence-corrected chi connectivity index (χ3v) is 8.29. The smallest absolute Gasteiger partial charge is 0.159 e. The Morgan fingerprint density at radius 2 is 1.26 bits per heavy atom. The first-order chi connectivity index (χ1) is 22.6. The van der Waals surface area contributed by atoms with Gasteiger partial charge < -0.3 is 5.73 Å². The summed E-state index contributed by atoms with van der Waals surface area (Å²) in [5, 5.41) is 11.3. The zero-order valence-corrected chi connectivity index (χ0v) is 27.3. The molecule has 0 radical (unpaired) electrons. The molecule has 3 heterocycles. The predicted octanol–water partition coefficient (Wildman–Crippen LogP) is 8.26. The van der Waals surface area contributed by atoms with E-state index in [9.17, 15) is 9.59 Å². The van der Waals surface area contributed by atoms with Gasteiger partial charge in [-0.1, -0.05) is 72.3 Å². The summed E-state index contributed by atoms with van der Waals surface area (Å²) < 4.78 is 0. The van der Waals surface area contributed by atoms with E-state index in [-0.39, 0.29) is 17.3 Å². The molecule has 0 spiro atoms. The summed E-state index contributed by atoms with van der Waals surface area (Å²) in [6, 6.07) is 27.5. The van der Waals surface area contributed by atoms with Crippen LogP contribution in [0.1, 0.15) is 68.1 Å². The fourth-order valence-corrected chi connectivity index (χ4v) is 5.52. The zero-order valence-electron chi connectivity index (χ0n) is 26.5. The molecule has 0 aliphatic heterocycles. The highest BCUT2D eigenvalue weighted by atomic mass is 35.5. The number of nitriles is 1. The Kier molecular flexibility index (Phi) is 10.3. The lowest BCUT2D eigenvalue weighted by molar-refractivity contribution is 0.100. The monoisotopic (exact) mass is 639 g/mol. The summed E-state index contributed by atoms with van der Waals surface area (Å²) >= 11 is 5.94. The van der Waals surface area contributed by atoms with E-state index in [0.717, 1.165) is 80.9 Å². The molecular formula is C39H34ClN5O2. The van der Waals surface area contributed by atoms with Crippen molar-refractivity contribution in [2.45, 2.75) is 46.5 Å². The number of nitrogens with zero attached hydrogens (tertiary/aromatic N) is 4. The van der Waals surface area contributed by atoms with E-state index in [1.54, 1.807) is 26.1 Å². The zero-order chi connectivity index (χ0) is 33.5. The summed E-state index contributed by atoms with van der Waals surface area (Å²) in [5.74, 6) is 0.627. The van der Waals surface area contributed by atoms with Crippen LogP contribution in [0.25, 0.3) is 21.8 Å². The van der Waals surface area contributed by atoms with Crippen molar-refractivity contribution in [1.82, 2.24) is 15.0 Å². The van der Waals surface area contributed by atoms with Crippen molar-refractivity contribution in [3.63, 3.8) is 0 Å². The molecule has 234 valence electrons. The fourth-order valence-electron chi connectivity index (χ4n) is 5.28. The van der Waals surface area contributed by atoms with Crippen molar-refractivity contribution >= 4 is 50.8 Å². The number of benzene rings is 3. The van der Waals surface area contributed by atoms with Crippen molar-refractivity contribution in [3.8, 4) is 6.07 Å². The van der Waals surface area contributed by atoms with Crippen LogP contribution in [0, 0.1) is 18.3 Å². The molecule has 47 heavy (non-hydrogen) atoms. The van der Waals surface area contributed by atoms with Gasteiger partial charge in [-0.05, 0) is 92.5 Å². The maximum atomic E-state index is 11.4. The second-order valence-corrected chi connectivity index (χ2v) is 12.0. The van der Waals surface area contributed by atoms with E-state index in [1.165, 1.54) is 5.56 Å². The van der Waals surface area contributed by atoms with Crippen LogP contribution in [-0.4, -0.2) is 26.5 Å². The van der Waals surface area contributed by atoms with Gasteiger partial charge in [-0.2, -0.15) is 5.26 Å². The number of fused-ring (bicyclic) bond motifs is 3. The number of pyridine rings is 3. The van der Waals surface area contributed by atoms with Crippen LogP contribution in [0.3, 0.4) is 0 Å². The molecule has 7 nitrogen and oxygen atoms in total. The van der Waals surface area contributed by atoms with Crippen molar-refractivity contribution in [2.75, 3.05) is 5.73 Å². The second-order valence-electron chi connectivity index (χ2n) is 11.5. The standard InChI is InChI=1S/C23H21N3O.C16H13ClN2O/c1-14-3-10-19-20-12-17(13-25-22(20)23(24)26-21(19)11-14)5-4-16-6-8-18(9-7-16)15(2)27;1-11(20)14-6-4-12(5-7-14)2-3-13-8-15(17)16(9-18)19-10-13/h3,6-13H,4-5H2,1-2H3,(H2,24,26);4-8,10H,2-3H2,1H3. The predicted molar refractivity (Wildman–Crippen MR) is 188 cm³/mol. The first-order valence-electron chi connectivity index (χ1n) is 15.3. The Hall–Kier alpha value is -5.45. The van der Waals surface area contributed by atoms with Gasteiger partial charge in [0.05, 0.1) is 10.5 Å². The molecule has 0 aliphatic rings. The summed E-state index contributed by atoms with van der Waals surface area (Å²) in [7, 11) is 0. The number of hydrogen-bond acceptors (Lipinski definition) is 7. The van der Waals surface area contributed by atoms with Gasteiger partial charge in [-0.3, -0.25) is 14.6 Å². The van der Waals surface area contributed by atoms with Gasteiger partial charge >= 0.3 is 0 Å². The minimum atomic E-state index is 0.0691. The van der Waals surface area contributed by atoms with Crippen LogP contribution < -0.4 is 5.73 Å². The Morgan fingerprint density at radius 1 is 0.723 bits per heavy atom. The van der Waals surface area contributed by atoms with Crippen molar-refractivity contribution < 1.29 is 9.59 Å². The number of aromatic nitrogens is 3. The van der Waals surface area contributed by atoms with E-state index in [1.807, 2.05) is 73.8 Å². The molecule has 2 N–H and O–H groups in total. The number of hydrogen-bond donors (Lipinski definition) is 1. The number of aryl methyl sites for hydroxylation is 5. The Labute approximate surface area is 279 Å². The molecule has 0 saturated carbocycles. The Morgan fingerprint density at radius 3 is 1.79 bits per heavy atom. The van der Waals surface area contributed by atoms with Crippen molar-refractivity contribution in [2.24, 2.45) is 0 Å². The topological polar surface area (TPSA) is 123 Å². The van der Waals surface area contributed by atoms with E-state index in [2.05, 4.69) is 33.2 Å². The number of rotatable bonds is 8. The van der Waals surface area contributed by atoms with Gasteiger partial charge in [0.2, 0.25) is 0 Å². The highest BCUT2D eigenvalue weighted by Crippen LogP contribution is 2.28. The van der Waals surface area contributed by atoms with E-state index < -0.39 is 0 Å². The first kappa shape index (κ1) is 32.9. The lowest BCUT2D eigenvalue weighted by Gasteiger charge is -2.09. The molecule has 0 atom stereocenters. The molecule has 6 aromatic rings. The molecule has 0 amide bonds. The molecule has 3 aromatic heterocycles. The van der Waals surface area contributed by atoms with E-state index >= 15 is 0 Å². The van der Waals surface area contributed by atoms with Crippen LogP contribution in [0.4, 0.5) is 5.82 Å². The number of nitrogen functional groups attached to an aromatic ring is 1. The number of carbonyl (C=O) groups excluding carboxylic acids is 2. The summed E-state index contributed by atoms with van der Waals surface area (Å²) in [6.07, 6.45) is 6.94. The minimum Gasteiger partial charge on any atom is -0.382 e. The third kappa shape index (κ3) is 8.23. The van der Waals surface area contributed by atoms with Crippen LogP contribution in [0.15, 0.2) is 91.3 Å². The number of ketones is 2. The SMILES string of the molecule is CC(=O)c1ccc(CCc2cnc(C#N)c(Cl)c2)cc1.CC(=O)c1ccc(CCc2cnc3c(N)nc4cc(C)ccc4c3c2)cc1. The quantitative estimate of drug-likeness (QED) is 0.131. The number of anilines is 1. The molecule has 6 rings (SSSR count). The maximum absolute atomic E-state index is 11.4. The largest absolute Gasteiger partial charge is 0.382 e. The van der Waals surface area contributed by atoms with Crippen LogP contribution in [0.2, 0.25) is 5.02 Å². The van der Waals surface area contributed by atoms with Crippen LogP contribution in [-0.2, 0) is 25.7 Å². The third-order valence-electron chi connectivity index (χ3n) is 8.00. The van der Waals surface area contributed by atoms with Gasteiger partial charge in [0.1, 0.15) is 11.6 Å². The average molecular weight is 640 g/mol. The normalized spacial score (nSPS) is 10.7. The maximum Gasteiger partial charge on any atom is 0.159 e. The summed E-state index contributed by atoms with van der Waals surface area (Å²) in [5.41, 5.74) is 15.2. The Bertz CT molecular complexity index is 2140. The molecule has 3 aromatic carbocycles. The molecule has 0 unspecified atom stereocenters. The molecule has 0 saturated heterocycles. The van der Waals surface area contributed by atoms with Crippen molar-refractivity contribution in [3.05, 3.63) is 141 Å². The number of Topliss-reactive ketones (excluding diaryl/α,β-unsaturated/α-hetero) is 2. The van der Waals surface area contributed by atoms with Gasteiger partial charge in [0.15, 0.2) is 23.1 Å². The molecule has 8 heteroatoms. The molecular weight excluding hydrogens is 606 g/mol. The molecule has 0 fully saturated rings. The summed E-state index contributed by atoms with van der Waals surface area (Å²) in [4.78, 5) is 35.7. The lowest BCUT2D eigenvalue weighted by Crippen LogP contribution is -1.98. The number of nitrogens with two attached hydrogens (primary N) is 1. The molecule has 0 bridgehead atoms. The molecule has 0 aliphatic carbocycles. The van der Waals surface area contributed by atoms with E-state index in [0.29, 0.717) is 10.8 Å². The number of halogens is 1. The van der Waals surface area contributed by atoms with Crippen LogP contribution in [0.5, 0.6) is 0 Å². The highest BCUT2D eigenvalue weighted by molar-refractivity contribution is 6.31. The summed E-state index contributed by atoms with van der Waals surface area (Å²) in [6.45, 7) is 5.19. The average Bonchev–Trinajstić information content (AvgIpc) is 3.07. The first-order valence-corrected chi connectivity index (χ1v) is 15.7. The highest BCUT2D eigenvalue weighted by Gasteiger charge is 2.10. The van der Waals surface area contributed by atoms with Gasteiger partial charge in [0.25, 0.3) is 0 Å². The number of carbonyl (C=O) groups is 2. The lowest BCUT2D eigenvalue weighted by atomic mass is 10.0. The van der Waals surface area contributed by atoms with Crippen LogP contribution >= 0.6 is 11.6 Å². The van der Waals surface area contributed by atoms with E-state index in [4.69, 9.17) is 22.6 Å². The van der Waals surface area contributed by atoms with Crippen molar-refractivity contribution in [1.29, 1.82) is 5.26 Å². The Balaban J connectivity index is 0.000000194.